The number of hydrogen-bond donors (Lipinski definition) is 1. The first-order chi connectivity index (χ1) is 4.34. The second-order valence-corrected chi connectivity index (χ2v) is 3.40. The molecule has 0 amide bonds. The normalized spacial score (nSPS) is 49.7. The lowest BCUT2D eigenvalue weighted by atomic mass is 10.0. The number of nitrogens with zero attached hydrogens (tertiary/aromatic N) is 1. The van der Waals surface area contributed by atoms with Gasteiger partial charge in [0.2, 0.25) is 0 Å². The standard InChI is InChI=1S/C7H14N2/c1-6-4-7-2-3-9(5-6)8-7/h6-8H,2-5H2,1H3. The fourth-order valence-electron chi connectivity index (χ4n) is 1.95. The van der Waals surface area contributed by atoms with Gasteiger partial charge in [-0.1, -0.05) is 6.92 Å². The highest BCUT2D eigenvalue weighted by atomic mass is 15.5. The maximum atomic E-state index is 3.45. The van der Waals surface area contributed by atoms with Crippen molar-refractivity contribution in [1.29, 1.82) is 0 Å². The molecule has 9 heavy (non-hydrogen) atoms. The van der Waals surface area contributed by atoms with E-state index in [2.05, 4.69) is 17.4 Å². The first-order valence-corrected chi connectivity index (χ1v) is 3.86. The average molecular weight is 126 g/mol. The molecule has 2 aliphatic heterocycles. The summed E-state index contributed by atoms with van der Waals surface area (Å²) in [5.74, 6) is 0.916. The van der Waals surface area contributed by atoms with Crippen molar-refractivity contribution in [3.05, 3.63) is 0 Å². The van der Waals surface area contributed by atoms with Crippen LogP contribution in [0.5, 0.6) is 0 Å². The Bertz CT molecular complexity index is 101. The van der Waals surface area contributed by atoms with Gasteiger partial charge in [0.1, 0.15) is 0 Å². The Morgan fingerprint density at radius 3 is 3.22 bits per heavy atom. The molecule has 2 nitrogen and oxygen atoms in total. The van der Waals surface area contributed by atoms with Gasteiger partial charge in [-0.15, -0.1) is 0 Å². The van der Waals surface area contributed by atoms with E-state index in [-0.39, 0.29) is 0 Å². The molecule has 0 aromatic carbocycles. The SMILES string of the molecule is CC1CC2CCN(C1)N2. The van der Waals surface area contributed by atoms with Crippen molar-refractivity contribution in [1.82, 2.24) is 10.4 Å². The van der Waals surface area contributed by atoms with Crippen LogP contribution in [0.15, 0.2) is 0 Å². The van der Waals surface area contributed by atoms with E-state index < -0.39 is 0 Å². The Balaban J connectivity index is 2.03. The molecule has 0 saturated carbocycles. The van der Waals surface area contributed by atoms with Gasteiger partial charge < -0.3 is 0 Å². The molecule has 2 rings (SSSR count). The maximum absolute atomic E-state index is 3.45. The Hall–Kier alpha value is -0.0800. The number of nitrogens with one attached hydrogen (secondary N) is 1. The molecule has 0 aliphatic carbocycles. The molecule has 0 aromatic heterocycles. The van der Waals surface area contributed by atoms with E-state index in [1.54, 1.807) is 0 Å². The molecule has 2 heteroatoms. The van der Waals surface area contributed by atoms with Gasteiger partial charge in [0, 0.05) is 19.1 Å². The van der Waals surface area contributed by atoms with Crippen LogP contribution in [0, 0.1) is 5.92 Å². The van der Waals surface area contributed by atoms with Gasteiger partial charge in [0.25, 0.3) is 0 Å². The van der Waals surface area contributed by atoms with Crippen LogP contribution in [0.1, 0.15) is 19.8 Å². The predicted octanol–water partition coefficient (Wildman–Crippen LogP) is 0.605. The summed E-state index contributed by atoms with van der Waals surface area (Å²) < 4.78 is 0. The Labute approximate surface area is 56.2 Å². The van der Waals surface area contributed by atoms with Crippen molar-refractivity contribution in [2.45, 2.75) is 25.8 Å². The highest BCUT2D eigenvalue weighted by Crippen LogP contribution is 2.21. The third-order valence-corrected chi connectivity index (χ3v) is 2.33. The topological polar surface area (TPSA) is 15.3 Å². The Morgan fingerprint density at radius 2 is 2.44 bits per heavy atom. The van der Waals surface area contributed by atoms with Crippen molar-refractivity contribution in [3.63, 3.8) is 0 Å². The van der Waals surface area contributed by atoms with Crippen LogP contribution in [0.4, 0.5) is 0 Å². The van der Waals surface area contributed by atoms with Gasteiger partial charge in [-0.25, -0.2) is 5.01 Å². The van der Waals surface area contributed by atoms with E-state index in [9.17, 15) is 0 Å². The molecule has 0 aromatic rings. The molecule has 2 saturated heterocycles. The van der Waals surface area contributed by atoms with Crippen LogP contribution < -0.4 is 5.43 Å². The van der Waals surface area contributed by atoms with E-state index in [0.29, 0.717) is 0 Å². The second kappa shape index (κ2) is 1.96. The quantitative estimate of drug-likeness (QED) is 0.511. The van der Waals surface area contributed by atoms with Crippen molar-refractivity contribution in [3.8, 4) is 0 Å². The van der Waals surface area contributed by atoms with Gasteiger partial charge in [-0.3, -0.25) is 5.43 Å². The maximum Gasteiger partial charge on any atom is 0.0231 e. The first-order valence-electron chi connectivity index (χ1n) is 3.86. The molecule has 2 heterocycles. The van der Waals surface area contributed by atoms with E-state index in [0.717, 1.165) is 12.0 Å². The molecule has 1 N–H and O–H groups in total. The van der Waals surface area contributed by atoms with Crippen molar-refractivity contribution in [2.75, 3.05) is 13.1 Å². The largest absolute Gasteiger partial charge is 0.252 e. The first kappa shape index (κ1) is 5.69. The summed E-state index contributed by atoms with van der Waals surface area (Å²) >= 11 is 0. The molecule has 0 radical (unpaired) electrons. The van der Waals surface area contributed by atoms with Crippen molar-refractivity contribution >= 4 is 0 Å². The van der Waals surface area contributed by atoms with Gasteiger partial charge in [0.15, 0.2) is 0 Å². The molecular formula is C7H14N2. The molecule has 2 bridgehead atoms. The third kappa shape index (κ3) is 0.970. The summed E-state index contributed by atoms with van der Waals surface area (Å²) in [7, 11) is 0. The summed E-state index contributed by atoms with van der Waals surface area (Å²) in [6.45, 7) is 4.87. The Morgan fingerprint density at radius 1 is 1.56 bits per heavy atom. The number of hydrazine groups is 1. The molecule has 2 aliphatic rings. The minimum atomic E-state index is 0.814. The minimum Gasteiger partial charge on any atom is -0.252 e. The second-order valence-electron chi connectivity index (χ2n) is 3.40. The lowest BCUT2D eigenvalue weighted by molar-refractivity contribution is 0.151. The summed E-state index contributed by atoms with van der Waals surface area (Å²) in [6, 6.07) is 0.814. The van der Waals surface area contributed by atoms with Gasteiger partial charge in [-0.2, -0.15) is 0 Å². The van der Waals surface area contributed by atoms with E-state index in [1.165, 1.54) is 25.9 Å². The van der Waals surface area contributed by atoms with Crippen LogP contribution in [0.2, 0.25) is 0 Å². The molecular weight excluding hydrogens is 112 g/mol. The average Bonchev–Trinajstić information content (AvgIpc) is 2.11. The number of hydrogen-bond acceptors (Lipinski definition) is 2. The zero-order chi connectivity index (χ0) is 6.27. The minimum absolute atomic E-state index is 0.814. The Kier molecular flexibility index (Phi) is 1.24. The molecule has 0 spiro atoms. The van der Waals surface area contributed by atoms with Crippen LogP contribution >= 0.6 is 0 Å². The van der Waals surface area contributed by atoms with E-state index in [1.807, 2.05) is 0 Å². The van der Waals surface area contributed by atoms with Crippen LogP contribution in [-0.2, 0) is 0 Å². The fraction of sp³-hybridized carbons (Fsp3) is 1.00. The summed E-state index contributed by atoms with van der Waals surface area (Å²) in [5, 5.41) is 2.36. The monoisotopic (exact) mass is 126 g/mol. The molecule has 3 unspecified atom stereocenters. The van der Waals surface area contributed by atoms with Crippen molar-refractivity contribution in [2.24, 2.45) is 5.92 Å². The summed E-state index contributed by atoms with van der Waals surface area (Å²) in [5.41, 5.74) is 3.45. The van der Waals surface area contributed by atoms with Gasteiger partial charge in [-0.05, 0) is 18.8 Å². The molecule has 3 atom stereocenters. The van der Waals surface area contributed by atoms with E-state index in [4.69, 9.17) is 0 Å². The highest BCUT2D eigenvalue weighted by molar-refractivity contribution is 4.82. The lowest BCUT2D eigenvalue weighted by Gasteiger charge is -2.28. The number of rotatable bonds is 0. The summed E-state index contributed by atoms with van der Waals surface area (Å²) in [6.07, 6.45) is 2.75. The highest BCUT2D eigenvalue weighted by Gasteiger charge is 2.29. The predicted molar refractivity (Wildman–Crippen MR) is 36.9 cm³/mol. The zero-order valence-electron chi connectivity index (χ0n) is 5.93. The van der Waals surface area contributed by atoms with Gasteiger partial charge >= 0.3 is 0 Å². The van der Waals surface area contributed by atoms with Crippen LogP contribution in [0.3, 0.4) is 0 Å². The number of fused-ring (bicyclic) bond motifs is 2. The van der Waals surface area contributed by atoms with E-state index >= 15 is 0 Å². The molecule has 2 fully saturated rings. The smallest absolute Gasteiger partial charge is 0.0231 e. The van der Waals surface area contributed by atoms with Crippen molar-refractivity contribution < 1.29 is 0 Å². The fourth-order valence-corrected chi connectivity index (χ4v) is 1.95. The van der Waals surface area contributed by atoms with Gasteiger partial charge in [0.05, 0.1) is 0 Å². The van der Waals surface area contributed by atoms with Crippen LogP contribution in [-0.4, -0.2) is 24.1 Å². The lowest BCUT2D eigenvalue weighted by Crippen LogP contribution is -2.44. The molecule has 52 valence electrons. The van der Waals surface area contributed by atoms with Crippen LogP contribution in [0.25, 0.3) is 0 Å². The third-order valence-electron chi connectivity index (χ3n) is 2.33. The summed E-state index contributed by atoms with van der Waals surface area (Å²) in [4.78, 5) is 0. The zero-order valence-corrected chi connectivity index (χ0v) is 5.93.